The van der Waals surface area contributed by atoms with Crippen molar-refractivity contribution < 1.29 is 9.78 Å². The predicted molar refractivity (Wildman–Crippen MR) is 94.7 cm³/mol. The second-order valence-electron chi connectivity index (χ2n) is 5.69. The lowest BCUT2D eigenvalue weighted by Gasteiger charge is -2.21. The van der Waals surface area contributed by atoms with E-state index in [0.717, 1.165) is 12.1 Å². The Morgan fingerprint density at radius 3 is 2.76 bits per heavy atom. The first-order valence-electron chi connectivity index (χ1n) is 7.77. The molecular weight excluding hydrogens is 334 g/mol. The topological polar surface area (TPSA) is 108 Å². The zero-order valence-electron chi connectivity index (χ0n) is 13.6. The quantitative estimate of drug-likeness (QED) is 0.851. The average molecular weight is 350 g/mol. The minimum atomic E-state index is -0.401. The van der Waals surface area contributed by atoms with Gasteiger partial charge in [0.05, 0.1) is 5.25 Å². The van der Waals surface area contributed by atoms with Gasteiger partial charge >= 0.3 is 0 Å². The van der Waals surface area contributed by atoms with Gasteiger partial charge in [-0.1, -0.05) is 30.0 Å². The number of thioether (sulfide) groups is 1. The van der Waals surface area contributed by atoms with Gasteiger partial charge in [-0.05, 0) is 31.0 Å². The third kappa shape index (κ3) is 3.15. The van der Waals surface area contributed by atoms with E-state index in [0.29, 0.717) is 17.1 Å². The van der Waals surface area contributed by atoms with Crippen LogP contribution in [0, 0.1) is 22.7 Å². The summed E-state index contributed by atoms with van der Waals surface area (Å²) in [6, 6.07) is 13.3. The van der Waals surface area contributed by atoms with Gasteiger partial charge in [-0.3, -0.25) is 10.5 Å². The largest absolute Gasteiger partial charge is 0.311 e. The fourth-order valence-corrected chi connectivity index (χ4v) is 3.81. The molecule has 2 heterocycles. The highest BCUT2D eigenvalue weighted by molar-refractivity contribution is 8.00. The summed E-state index contributed by atoms with van der Waals surface area (Å²) in [6.07, 6.45) is 0.846. The fourth-order valence-electron chi connectivity index (χ4n) is 2.83. The van der Waals surface area contributed by atoms with E-state index in [9.17, 15) is 10.1 Å². The Morgan fingerprint density at radius 2 is 2.04 bits per heavy atom. The molecule has 0 saturated heterocycles. The second kappa shape index (κ2) is 6.84. The van der Waals surface area contributed by atoms with Gasteiger partial charge in [-0.25, -0.2) is 4.98 Å². The van der Waals surface area contributed by atoms with Crippen LogP contribution in [0.2, 0.25) is 0 Å². The number of aromatic amines is 1. The van der Waals surface area contributed by atoms with E-state index in [1.165, 1.54) is 23.4 Å². The number of amides is 1. The lowest BCUT2D eigenvalue weighted by Crippen LogP contribution is -2.35. The summed E-state index contributed by atoms with van der Waals surface area (Å²) in [5, 5.41) is 18.4. The lowest BCUT2D eigenvalue weighted by molar-refractivity contribution is -0.410. The van der Waals surface area contributed by atoms with Crippen LogP contribution in [0.1, 0.15) is 23.6 Å². The molecule has 0 saturated carbocycles. The summed E-state index contributed by atoms with van der Waals surface area (Å²) in [4.78, 5) is 17.5. The molecule has 6 nitrogen and oxygen atoms in total. The number of benzene rings is 1. The highest BCUT2D eigenvalue weighted by atomic mass is 32.2. The molecule has 0 radical (unpaired) electrons. The van der Waals surface area contributed by atoms with Crippen LogP contribution in [0.25, 0.3) is 0 Å². The summed E-state index contributed by atoms with van der Waals surface area (Å²) >= 11 is 1.24. The molecule has 0 bridgehead atoms. The van der Waals surface area contributed by atoms with E-state index >= 15 is 0 Å². The monoisotopic (exact) mass is 350 g/mol. The van der Waals surface area contributed by atoms with Crippen molar-refractivity contribution in [3.8, 4) is 12.1 Å². The van der Waals surface area contributed by atoms with Crippen molar-refractivity contribution in [3.63, 3.8) is 0 Å². The van der Waals surface area contributed by atoms with Crippen LogP contribution in [0.3, 0.4) is 0 Å². The Labute approximate surface area is 149 Å². The summed E-state index contributed by atoms with van der Waals surface area (Å²) in [5.74, 6) is 0.172. The molecule has 1 atom stereocenters. The third-order valence-corrected chi connectivity index (χ3v) is 5.22. The van der Waals surface area contributed by atoms with Gasteiger partial charge in [0.2, 0.25) is 5.91 Å². The molecule has 1 aromatic heterocycles. The molecule has 0 unspecified atom stereocenters. The van der Waals surface area contributed by atoms with Crippen LogP contribution in [0.5, 0.6) is 0 Å². The number of carbonyl (C=O) groups excluding carboxylic acids is 1. The average Bonchev–Trinajstić information content (AvgIpc) is 3.05. The van der Waals surface area contributed by atoms with Crippen molar-refractivity contribution >= 4 is 29.2 Å². The number of para-hydroxylation sites is 1. The summed E-state index contributed by atoms with van der Waals surface area (Å²) < 4.78 is 0. The third-order valence-electron chi connectivity index (χ3n) is 4.11. The van der Waals surface area contributed by atoms with Crippen LogP contribution < -0.4 is 15.6 Å². The number of pyridine rings is 1. The number of hydrogen-bond donors (Lipinski definition) is 1. The Balaban J connectivity index is 1.83. The number of fused-ring (bicyclic) bond motifs is 1. The van der Waals surface area contributed by atoms with Crippen LogP contribution in [0.4, 0.5) is 11.5 Å². The number of nitrogens with two attached hydrogens (primary N) is 1. The highest BCUT2D eigenvalue weighted by Crippen LogP contribution is 2.31. The normalized spacial score (nSPS) is 13.6. The van der Waals surface area contributed by atoms with E-state index in [2.05, 4.69) is 4.98 Å². The molecule has 3 N–H and O–H groups in total. The number of nitrogens with zero attached hydrogens (tertiary/aromatic N) is 3. The molecule has 0 spiro atoms. The number of anilines is 2. The summed E-state index contributed by atoms with van der Waals surface area (Å²) in [5.41, 5.74) is 8.43. The van der Waals surface area contributed by atoms with E-state index in [4.69, 9.17) is 11.0 Å². The van der Waals surface area contributed by atoms with Gasteiger partial charge in [0, 0.05) is 12.2 Å². The number of aromatic nitrogens is 1. The maximum Gasteiger partial charge on any atom is 0.289 e. The lowest BCUT2D eigenvalue weighted by atomic mass is 10.2. The first kappa shape index (κ1) is 16.8. The number of carbonyl (C=O) groups is 1. The molecule has 1 aliphatic heterocycles. The van der Waals surface area contributed by atoms with Crippen molar-refractivity contribution in [2.75, 3.05) is 17.2 Å². The SMILES string of the molecule is C[C@@H](Sc1[nH+]c(N)c(C#N)cc1C#N)C(=O)N1CCc2ccccc21. The van der Waals surface area contributed by atoms with Crippen LogP contribution in [-0.2, 0) is 11.2 Å². The minimum Gasteiger partial charge on any atom is -0.311 e. The molecule has 124 valence electrons. The Bertz CT molecular complexity index is 928. The number of nitrogens with one attached hydrogen (secondary N) is 1. The standard InChI is InChI=1S/C18H15N5OS/c1-11(18(24)23-7-6-12-4-2-3-5-15(12)23)25-17-14(10-20)8-13(9-19)16(21)22-17/h2-5,8,11H,6-7H2,1H3,(H2,21,22)/p+1/t11-/m1/s1. The molecule has 2 aromatic rings. The van der Waals surface area contributed by atoms with Gasteiger partial charge in [-0.15, -0.1) is 0 Å². The predicted octanol–water partition coefficient (Wildman–Crippen LogP) is 1.90. The van der Waals surface area contributed by atoms with Crippen molar-refractivity contribution in [2.24, 2.45) is 0 Å². The smallest absolute Gasteiger partial charge is 0.289 e. The van der Waals surface area contributed by atoms with Crippen molar-refractivity contribution in [2.45, 2.75) is 23.6 Å². The van der Waals surface area contributed by atoms with Crippen molar-refractivity contribution in [3.05, 3.63) is 47.0 Å². The molecule has 7 heteroatoms. The number of nitriles is 2. The summed E-state index contributed by atoms with van der Waals surface area (Å²) in [7, 11) is 0. The molecule has 1 aromatic carbocycles. The number of hydrogen-bond acceptors (Lipinski definition) is 5. The highest BCUT2D eigenvalue weighted by Gasteiger charge is 2.29. The van der Waals surface area contributed by atoms with E-state index in [1.807, 2.05) is 36.4 Å². The molecular formula is C18H16N5OS+. The van der Waals surface area contributed by atoms with Gasteiger partial charge in [0.25, 0.3) is 5.82 Å². The van der Waals surface area contributed by atoms with Gasteiger partial charge in [-0.2, -0.15) is 10.5 Å². The Hall–Kier alpha value is -3.03. The second-order valence-corrected chi connectivity index (χ2v) is 7.04. The molecule has 0 fully saturated rings. The summed E-state index contributed by atoms with van der Waals surface area (Å²) in [6.45, 7) is 2.46. The zero-order valence-corrected chi connectivity index (χ0v) is 14.4. The first-order chi connectivity index (χ1) is 12.0. The Morgan fingerprint density at radius 1 is 1.32 bits per heavy atom. The zero-order chi connectivity index (χ0) is 18.0. The van der Waals surface area contributed by atoms with Crippen molar-refractivity contribution in [1.82, 2.24) is 0 Å². The van der Waals surface area contributed by atoms with Gasteiger partial charge in [0.1, 0.15) is 23.3 Å². The maximum absolute atomic E-state index is 12.8. The first-order valence-corrected chi connectivity index (χ1v) is 8.65. The maximum atomic E-state index is 12.8. The van der Waals surface area contributed by atoms with Gasteiger partial charge < -0.3 is 4.90 Å². The van der Waals surface area contributed by atoms with Gasteiger partial charge in [0.15, 0.2) is 5.03 Å². The number of H-pyrrole nitrogens is 1. The Kier molecular flexibility index (Phi) is 4.60. The minimum absolute atomic E-state index is 0.0184. The molecule has 0 aliphatic carbocycles. The van der Waals surface area contributed by atoms with Crippen LogP contribution in [0.15, 0.2) is 35.4 Å². The number of nitrogen functional groups attached to an aromatic ring is 1. The van der Waals surface area contributed by atoms with Crippen LogP contribution in [-0.4, -0.2) is 17.7 Å². The number of rotatable bonds is 3. The van der Waals surface area contributed by atoms with E-state index in [-0.39, 0.29) is 17.3 Å². The molecule has 1 amide bonds. The van der Waals surface area contributed by atoms with E-state index < -0.39 is 5.25 Å². The molecule has 25 heavy (non-hydrogen) atoms. The van der Waals surface area contributed by atoms with E-state index in [1.54, 1.807) is 11.8 Å². The molecule has 3 rings (SSSR count). The van der Waals surface area contributed by atoms with Crippen molar-refractivity contribution in [1.29, 1.82) is 10.5 Å². The van der Waals surface area contributed by atoms with Crippen LogP contribution >= 0.6 is 11.8 Å². The fraction of sp³-hybridized carbons (Fsp3) is 0.222. The molecule has 1 aliphatic rings.